The molecular weight excluding hydrogens is 294 g/mol. The van der Waals surface area contributed by atoms with Crippen molar-refractivity contribution < 1.29 is 17.9 Å². The predicted octanol–water partition coefficient (Wildman–Crippen LogP) is 0.215. The van der Waals surface area contributed by atoms with Gasteiger partial charge < -0.3 is 16.2 Å². The number of amides is 1. The van der Waals surface area contributed by atoms with Gasteiger partial charge in [0.15, 0.2) is 0 Å². The van der Waals surface area contributed by atoms with Crippen molar-refractivity contribution in [3.05, 3.63) is 23.8 Å². The number of hydrogen-bond donors (Lipinski definition) is 3. The van der Waals surface area contributed by atoms with E-state index in [1.807, 2.05) is 0 Å². The summed E-state index contributed by atoms with van der Waals surface area (Å²) in [7, 11) is -3.74. The number of anilines is 1. The Morgan fingerprint density at radius 1 is 1.38 bits per heavy atom. The highest BCUT2D eigenvalue weighted by Crippen LogP contribution is 2.20. The number of carbonyl (C=O) groups is 1. The van der Waals surface area contributed by atoms with Crippen molar-refractivity contribution in [3.63, 3.8) is 0 Å². The van der Waals surface area contributed by atoms with Crippen molar-refractivity contribution >= 4 is 21.6 Å². The molecule has 8 heteroatoms. The quantitative estimate of drug-likeness (QED) is 0.670. The molecule has 2 rings (SSSR count). The molecule has 0 aliphatic carbocycles. The summed E-state index contributed by atoms with van der Waals surface area (Å²) in [6.45, 7) is 0.862. The second-order valence-corrected chi connectivity index (χ2v) is 6.69. The lowest BCUT2D eigenvalue weighted by atomic mass is 10.1. The number of ether oxygens (including phenoxy) is 1. The second kappa shape index (κ2) is 6.42. The summed E-state index contributed by atoms with van der Waals surface area (Å²) in [4.78, 5) is 11.0. The number of rotatable bonds is 5. The maximum absolute atomic E-state index is 12.2. The zero-order valence-electron chi connectivity index (χ0n) is 11.5. The van der Waals surface area contributed by atoms with E-state index in [4.69, 9.17) is 16.2 Å². The van der Waals surface area contributed by atoms with Crippen LogP contribution in [0.1, 0.15) is 29.6 Å². The number of nitrogen functional groups attached to an aromatic ring is 1. The van der Waals surface area contributed by atoms with E-state index < -0.39 is 15.9 Å². The molecule has 0 bridgehead atoms. The molecule has 1 aromatic carbocycles. The molecule has 1 atom stereocenters. The molecule has 1 aromatic rings. The molecule has 5 N–H and O–H groups in total. The first-order valence-electron chi connectivity index (χ1n) is 6.71. The van der Waals surface area contributed by atoms with Crippen LogP contribution in [0.3, 0.4) is 0 Å². The number of sulfonamides is 1. The van der Waals surface area contributed by atoms with Crippen LogP contribution in [0.4, 0.5) is 5.69 Å². The first kappa shape index (κ1) is 15.7. The lowest BCUT2D eigenvalue weighted by molar-refractivity contribution is 0.0200. The molecule has 0 saturated carbocycles. The molecule has 1 fully saturated rings. The van der Waals surface area contributed by atoms with Gasteiger partial charge in [-0.15, -0.1) is 0 Å². The Balaban J connectivity index is 2.10. The van der Waals surface area contributed by atoms with Crippen molar-refractivity contribution in [2.75, 3.05) is 18.9 Å². The number of primary amides is 1. The average molecular weight is 313 g/mol. The molecule has 0 aromatic heterocycles. The van der Waals surface area contributed by atoms with Gasteiger partial charge in [-0.25, -0.2) is 13.1 Å². The van der Waals surface area contributed by atoms with Gasteiger partial charge in [0.1, 0.15) is 4.90 Å². The average Bonchev–Trinajstić information content (AvgIpc) is 2.46. The Labute approximate surface area is 123 Å². The minimum Gasteiger partial charge on any atom is -0.398 e. The highest BCUT2D eigenvalue weighted by Gasteiger charge is 2.21. The summed E-state index contributed by atoms with van der Waals surface area (Å²) >= 11 is 0. The van der Waals surface area contributed by atoms with E-state index in [9.17, 15) is 13.2 Å². The molecule has 21 heavy (non-hydrogen) atoms. The van der Waals surface area contributed by atoms with E-state index in [1.54, 1.807) is 0 Å². The van der Waals surface area contributed by atoms with Gasteiger partial charge in [-0.2, -0.15) is 0 Å². The minimum absolute atomic E-state index is 0.0108. The molecule has 1 saturated heterocycles. The highest BCUT2D eigenvalue weighted by molar-refractivity contribution is 7.89. The Morgan fingerprint density at radius 3 is 2.71 bits per heavy atom. The standard InChI is InChI=1S/C13H19N3O4S/c14-11-7-9(13(15)17)4-5-12(11)21(18,19)16-8-10-3-1-2-6-20-10/h4-5,7,10,16H,1-3,6,8,14H2,(H2,15,17). The fraction of sp³-hybridized carbons (Fsp3) is 0.462. The minimum atomic E-state index is -3.74. The molecule has 1 aliphatic rings. The molecule has 1 heterocycles. The summed E-state index contributed by atoms with van der Waals surface area (Å²) in [6, 6.07) is 3.87. The van der Waals surface area contributed by atoms with Crippen LogP contribution in [0.5, 0.6) is 0 Å². The maximum atomic E-state index is 12.2. The third kappa shape index (κ3) is 3.93. The van der Waals surface area contributed by atoms with E-state index in [0.717, 1.165) is 19.3 Å². The van der Waals surface area contributed by atoms with Gasteiger partial charge in [0.2, 0.25) is 15.9 Å². The molecule has 1 unspecified atom stereocenters. The Morgan fingerprint density at radius 2 is 2.14 bits per heavy atom. The SMILES string of the molecule is NC(=O)c1ccc(S(=O)(=O)NCC2CCCCO2)c(N)c1. The van der Waals surface area contributed by atoms with Gasteiger partial charge in [-0.05, 0) is 37.5 Å². The normalized spacial score (nSPS) is 19.3. The predicted molar refractivity (Wildman–Crippen MR) is 78.2 cm³/mol. The summed E-state index contributed by atoms with van der Waals surface area (Å²) in [5.41, 5.74) is 11.0. The second-order valence-electron chi connectivity index (χ2n) is 4.96. The first-order chi connectivity index (χ1) is 9.90. The highest BCUT2D eigenvalue weighted by atomic mass is 32.2. The van der Waals surface area contributed by atoms with E-state index in [-0.39, 0.29) is 28.8 Å². The number of hydrogen-bond acceptors (Lipinski definition) is 5. The van der Waals surface area contributed by atoms with E-state index in [0.29, 0.717) is 6.61 Å². The van der Waals surface area contributed by atoms with Crippen molar-refractivity contribution in [1.29, 1.82) is 0 Å². The van der Waals surface area contributed by atoms with Gasteiger partial charge in [-0.3, -0.25) is 4.79 Å². The smallest absolute Gasteiger partial charge is 0.248 e. The van der Waals surface area contributed by atoms with Gasteiger partial charge in [-0.1, -0.05) is 0 Å². The van der Waals surface area contributed by atoms with Crippen LogP contribution in [-0.4, -0.2) is 33.6 Å². The Bertz CT molecular complexity index is 624. The maximum Gasteiger partial charge on any atom is 0.248 e. The molecule has 0 radical (unpaired) electrons. The fourth-order valence-electron chi connectivity index (χ4n) is 2.20. The monoisotopic (exact) mass is 313 g/mol. The molecular formula is C13H19N3O4S. The topological polar surface area (TPSA) is 125 Å². The zero-order chi connectivity index (χ0) is 15.5. The largest absolute Gasteiger partial charge is 0.398 e. The lowest BCUT2D eigenvalue weighted by Gasteiger charge is -2.22. The number of nitrogens with one attached hydrogen (secondary N) is 1. The molecule has 116 valence electrons. The number of carbonyl (C=O) groups excluding carboxylic acids is 1. The van der Waals surface area contributed by atoms with Crippen molar-refractivity contribution in [2.45, 2.75) is 30.3 Å². The first-order valence-corrected chi connectivity index (χ1v) is 8.19. The molecule has 1 amide bonds. The van der Waals surface area contributed by atoms with Gasteiger partial charge in [0, 0.05) is 18.7 Å². The van der Waals surface area contributed by atoms with E-state index in [2.05, 4.69) is 4.72 Å². The third-order valence-corrected chi connectivity index (χ3v) is 4.86. The summed E-state index contributed by atoms with van der Waals surface area (Å²) in [5.74, 6) is -0.658. The lowest BCUT2D eigenvalue weighted by Crippen LogP contribution is -2.35. The van der Waals surface area contributed by atoms with Crippen LogP contribution in [0.15, 0.2) is 23.1 Å². The Hall–Kier alpha value is -1.64. The van der Waals surface area contributed by atoms with Crippen LogP contribution >= 0.6 is 0 Å². The van der Waals surface area contributed by atoms with Gasteiger partial charge >= 0.3 is 0 Å². The number of benzene rings is 1. The van der Waals surface area contributed by atoms with E-state index in [1.165, 1.54) is 18.2 Å². The summed E-state index contributed by atoms with van der Waals surface area (Å²) in [5, 5.41) is 0. The van der Waals surface area contributed by atoms with Crippen LogP contribution in [-0.2, 0) is 14.8 Å². The van der Waals surface area contributed by atoms with E-state index >= 15 is 0 Å². The molecule has 0 spiro atoms. The van der Waals surface area contributed by atoms with Gasteiger partial charge in [0.25, 0.3) is 0 Å². The van der Waals surface area contributed by atoms with Crippen LogP contribution in [0, 0.1) is 0 Å². The Kier molecular flexibility index (Phi) is 4.81. The van der Waals surface area contributed by atoms with Crippen LogP contribution in [0.25, 0.3) is 0 Å². The van der Waals surface area contributed by atoms with Crippen molar-refractivity contribution in [2.24, 2.45) is 5.73 Å². The summed E-state index contributed by atoms with van der Waals surface area (Å²) in [6.07, 6.45) is 2.75. The fourth-order valence-corrected chi connectivity index (χ4v) is 3.37. The van der Waals surface area contributed by atoms with Gasteiger partial charge in [0.05, 0.1) is 11.8 Å². The van der Waals surface area contributed by atoms with Crippen molar-refractivity contribution in [3.8, 4) is 0 Å². The zero-order valence-corrected chi connectivity index (χ0v) is 12.4. The summed E-state index contributed by atoms with van der Waals surface area (Å²) < 4.78 is 32.4. The van der Waals surface area contributed by atoms with Crippen LogP contribution in [0.2, 0.25) is 0 Å². The molecule has 7 nitrogen and oxygen atoms in total. The number of nitrogens with two attached hydrogens (primary N) is 2. The van der Waals surface area contributed by atoms with Crippen LogP contribution < -0.4 is 16.2 Å². The van der Waals surface area contributed by atoms with Crippen molar-refractivity contribution in [1.82, 2.24) is 4.72 Å². The molecule has 1 aliphatic heterocycles. The third-order valence-electron chi connectivity index (χ3n) is 3.36.